The molecule has 7 rings (SSSR count). The van der Waals surface area contributed by atoms with Gasteiger partial charge in [0.1, 0.15) is 11.2 Å². The summed E-state index contributed by atoms with van der Waals surface area (Å²) in [5.41, 5.74) is 1.38. The Bertz CT molecular complexity index is 933. The van der Waals surface area contributed by atoms with Gasteiger partial charge in [-0.15, -0.1) is 11.3 Å². The average molecular weight is 412 g/mol. The molecule has 154 valence electrons. The number of carbonyl (C=O) groups excluding carboxylic acids is 1. The number of ether oxygens (including phenoxy) is 1. The smallest absolute Gasteiger partial charge is 0.258 e. The highest BCUT2D eigenvalue weighted by molar-refractivity contribution is 7.18. The van der Waals surface area contributed by atoms with Crippen molar-refractivity contribution in [3.63, 3.8) is 0 Å². The van der Waals surface area contributed by atoms with Gasteiger partial charge in [0.15, 0.2) is 6.61 Å². The van der Waals surface area contributed by atoms with Gasteiger partial charge in [-0.3, -0.25) is 4.79 Å². The minimum absolute atomic E-state index is 0.0106. The molecule has 1 atom stereocenters. The molecular weight excluding hydrogens is 382 g/mol. The fourth-order valence-corrected chi connectivity index (χ4v) is 8.43. The monoisotopic (exact) mass is 411 g/mol. The third-order valence-electron chi connectivity index (χ3n) is 7.84. The Balaban J connectivity index is 1.18. The largest absolute Gasteiger partial charge is 0.467 e. The third kappa shape index (κ3) is 3.15. The van der Waals surface area contributed by atoms with Crippen molar-refractivity contribution in [1.82, 2.24) is 15.3 Å². The first kappa shape index (κ1) is 18.1. The first-order valence-corrected chi connectivity index (χ1v) is 12.1. The highest BCUT2D eigenvalue weighted by Gasteiger charge is 2.51. The number of thiophene rings is 1. The van der Waals surface area contributed by atoms with Crippen molar-refractivity contribution in [2.75, 3.05) is 6.61 Å². The maximum absolute atomic E-state index is 12.8. The first-order chi connectivity index (χ1) is 14.1. The van der Waals surface area contributed by atoms with Crippen LogP contribution in [0.1, 0.15) is 62.3 Å². The second kappa shape index (κ2) is 6.66. The summed E-state index contributed by atoms with van der Waals surface area (Å²) in [7, 11) is 0. The van der Waals surface area contributed by atoms with E-state index in [0.29, 0.717) is 5.88 Å². The number of amides is 1. The van der Waals surface area contributed by atoms with Gasteiger partial charge in [-0.25, -0.2) is 9.97 Å². The number of rotatable bonds is 4. The lowest BCUT2D eigenvalue weighted by atomic mass is 9.53. The fraction of sp³-hybridized carbons (Fsp3) is 0.696. The van der Waals surface area contributed by atoms with E-state index in [4.69, 9.17) is 4.74 Å². The topological polar surface area (TPSA) is 64.1 Å². The van der Waals surface area contributed by atoms with Crippen molar-refractivity contribution < 1.29 is 9.53 Å². The summed E-state index contributed by atoms with van der Waals surface area (Å²) in [6, 6.07) is 0. The van der Waals surface area contributed by atoms with Gasteiger partial charge in [0, 0.05) is 10.4 Å². The van der Waals surface area contributed by atoms with Crippen LogP contribution >= 0.6 is 11.3 Å². The molecule has 2 aromatic rings. The Morgan fingerprint density at radius 3 is 2.66 bits per heavy atom. The summed E-state index contributed by atoms with van der Waals surface area (Å²) in [6.07, 6.45) is 12.6. The molecule has 0 radical (unpaired) electrons. The number of hydrogen-bond acceptors (Lipinski definition) is 5. The summed E-state index contributed by atoms with van der Waals surface area (Å²) in [6.45, 7) is 2.36. The van der Waals surface area contributed by atoms with Crippen LogP contribution in [-0.2, 0) is 17.6 Å². The molecule has 1 amide bonds. The van der Waals surface area contributed by atoms with Gasteiger partial charge in [0.25, 0.3) is 5.91 Å². The van der Waals surface area contributed by atoms with Gasteiger partial charge in [0.2, 0.25) is 5.88 Å². The Morgan fingerprint density at radius 2 is 1.93 bits per heavy atom. The van der Waals surface area contributed by atoms with Crippen LogP contribution in [0.3, 0.4) is 0 Å². The molecule has 5 nitrogen and oxygen atoms in total. The van der Waals surface area contributed by atoms with Crippen molar-refractivity contribution in [3.05, 3.63) is 16.8 Å². The predicted octanol–water partition coefficient (Wildman–Crippen LogP) is 4.28. The number of carbonyl (C=O) groups is 1. The molecule has 5 aliphatic carbocycles. The molecule has 5 aliphatic rings. The number of aryl methyl sites for hydroxylation is 1. The molecule has 1 unspecified atom stereocenters. The van der Waals surface area contributed by atoms with E-state index in [9.17, 15) is 4.79 Å². The van der Waals surface area contributed by atoms with Crippen LogP contribution in [0.2, 0.25) is 0 Å². The zero-order valence-corrected chi connectivity index (χ0v) is 17.9. The van der Waals surface area contributed by atoms with E-state index in [1.807, 2.05) is 0 Å². The molecule has 0 aliphatic heterocycles. The first-order valence-electron chi connectivity index (χ1n) is 11.3. The Kier molecular flexibility index (Phi) is 4.16. The molecule has 4 saturated carbocycles. The SMILES string of the molecule is CC1CCc2c(sc3ncnc(OCC(=O)NC45CC6CC(CC(C6)C4)C5)c23)C1. The normalized spacial score (nSPS) is 34.9. The molecule has 4 fully saturated rings. The van der Waals surface area contributed by atoms with Crippen molar-refractivity contribution in [2.45, 2.75) is 70.3 Å². The van der Waals surface area contributed by atoms with Gasteiger partial charge in [-0.1, -0.05) is 6.92 Å². The van der Waals surface area contributed by atoms with Crippen molar-refractivity contribution in [1.29, 1.82) is 0 Å². The molecule has 4 bridgehead atoms. The second-order valence-corrected chi connectivity index (χ2v) is 11.3. The molecule has 1 N–H and O–H groups in total. The highest BCUT2D eigenvalue weighted by Crippen LogP contribution is 2.55. The van der Waals surface area contributed by atoms with Crippen molar-refractivity contribution in [3.8, 4) is 5.88 Å². The van der Waals surface area contributed by atoms with Crippen LogP contribution in [-0.4, -0.2) is 28.0 Å². The highest BCUT2D eigenvalue weighted by atomic mass is 32.1. The van der Waals surface area contributed by atoms with Gasteiger partial charge >= 0.3 is 0 Å². The average Bonchev–Trinajstić information content (AvgIpc) is 3.02. The Labute approximate surface area is 175 Å². The zero-order valence-electron chi connectivity index (χ0n) is 17.1. The third-order valence-corrected chi connectivity index (χ3v) is 9.00. The van der Waals surface area contributed by atoms with Gasteiger partial charge in [-0.05, 0) is 87.0 Å². The lowest BCUT2D eigenvalue weighted by Gasteiger charge is -2.56. The molecule has 0 spiro atoms. The van der Waals surface area contributed by atoms with Crippen LogP contribution in [0, 0.1) is 23.7 Å². The van der Waals surface area contributed by atoms with Gasteiger partial charge < -0.3 is 10.1 Å². The van der Waals surface area contributed by atoms with E-state index >= 15 is 0 Å². The van der Waals surface area contributed by atoms with Gasteiger partial charge in [0.05, 0.1) is 5.39 Å². The standard InChI is InChI=1S/C23H29N3O2S/c1-13-2-3-17-18(4-13)29-22-20(17)21(24-12-25-22)28-11-19(27)26-23-8-14-5-15(9-23)7-16(6-14)10-23/h12-16H,2-11H2,1H3,(H,26,27). The Hall–Kier alpha value is -1.69. The van der Waals surface area contributed by atoms with Crippen LogP contribution < -0.4 is 10.1 Å². The molecule has 0 aromatic carbocycles. The van der Waals surface area contributed by atoms with E-state index < -0.39 is 0 Å². The minimum Gasteiger partial charge on any atom is -0.467 e. The molecule has 29 heavy (non-hydrogen) atoms. The van der Waals surface area contributed by atoms with Crippen LogP contribution in [0.15, 0.2) is 6.33 Å². The maximum atomic E-state index is 12.8. The van der Waals surface area contributed by atoms with Crippen molar-refractivity contribution in [2.24, 2.45) is 23.7 Å². The lowest BCUT2D eigenvalue weighted by Crippen LogP contribution is -2.60. The van der Waals surface area contributed by atoms with Gasteiger partial charge in [-0.2, -0.15) is 0 Å². The summed E-state index contributed by atoms with van der Waals surface area (Å²) >= 11 is 1.76. The van der Waals surface area contributed by atoms with Crippen LogP contribution in [0.25, 0.3) is 10.2 Å². The van der Waals surface area contributed by atoms with E-state index in [1.54, 1.807) is 17.7 Å². The predicted molar refractivity (Wildman–Crippen MR) is 113 cm³/mol. The molecule has 2 heterocycles. The summed E-state index contributed by atoms with van der Waals surface area (Å²) < 4.78 is 5.99. The number of fused-ring (bicyclic) bond motifs is 3. The fourth-order valence-electron chi connectivity index (χ4n) is 7.09. The Morgan fingerprint density at radius 1 is 1.21 bits per heavy atom. The molecule has 0 saturated heterocycles. The van der Waals surface area contributed by atoms with E-state index in [1.165, 1.54) is 55.4 Å². The zero-order chi connectivity index (χ0) is 19.6. The quantitative estimate of drug-likeness (QED) is 0.816. The van der Waals surface area contributed by atoms with E-state index in [2.05, 4.69) is 22.2 Å². The van der Waals surface area contributed by atoms with E-state index in [-0.39, 0.29) is 18.1 Å². The van der Waals surface area contributed by atoms with Crippen LogP contribution in [0.4, 0.5) is 0 Å². The minimum atomic E-state index is 0.0106. The maximum Gasteiger partial charge on any atom is 0.258 e. The number of aromatic nitrogens is 2. The summed E-state index contributed by atoms with van der Waals surface area (Å²) in [5.74, 6) is 3.79. The second-order valence-electron chi connectivity index (χ2n) is 10.2. The van der Waals surface area contributed by atoms with Crippen molar-refractivity contribution >= 4 is 27.5 Å². The lowest BCUT2D eigenvalue weighted by molar-refractivity contribution is -0.128. The summed E-state index contributed by atoms with van der Waals surface area (Å²) in [4.78, 5) is 24.1. The molecule has 6 heteroatoms. The molecule has 2 aromatic heterocycles. The number of nitrogens with zero attached hydrogens (tertiary/aromatic N) is 2. The number of nitrogens with one attached hydrogen (secondary N) is 1. The summed E-state index contributed by atoms with van der Waals surface area (Å²) in [5, 5.41) is 4.44. The molecular formula is C23H29N3O2S. The number of hydrogen-bond donors (Lipinski definition) is 1. The van der Waals surface area contributed by atoms with E-state index in [0.717, 1.165) is 46.7 Å². The van der Waals surface area contributed by atoms with Crippen LogP contribution in [0.5, 0.6) is 5.88 Å².